The van der Waals surface area contributed by atoms with Crippen molar-refractivity contribution in [2.45, 2.75) is 45.2 Å². The zero-order valence-corrected chi connectivity index (χ0v) is 10.3. The lowest BCUT2D eigenvalue weighted by Gasteiger charge is -2.30. The van der Waals surface area contributed by atoms with Crippen LogP contribution in [0.2, 0.25) is 0 Å². The van der Waals surface area contributed by atoms with E-state index in [9.17, 15) is 4.79 Å². The minimum absolute atomic E-state index is 0.0128. The normalized spacial score (nSPS) is 24.6. The fourth-order valence-corrected chi connectivity index (χ4v) is 2.16. The van der Waals surface area contributed by atoms with Gasteiger partial charge in [-0.05, 0) is 33.2 Å². The number of amides is 1. The van der Waals surface area contributed by atoms with Gasteiger partial charge in [0.15, 0.2) is 0 Å². The number of carbonyl (C=O) groups excluding carboxylic acids is 1. The SMILES string of the molecule is Cc1cc(CC(=O)NC2CCCNC2C)no1. The summed E-state index contributed by atoms with van der Waals surface area (Å²) >= 11 is 0. The number of hydrogen-bond donors (Lipinski definition) is 2. The third-order valence-electron chi connectivity index (χ3n) is 3.13. The Morgan fingerprint density at radius 1 is 1.71 bits per heavy atom. The molecule has 1 aliphatic rings. The molecule has 5 nitrogen and oxygen atoms in total. The van der Waals surface area contributed by atoms with Gasteiger partial charge in [0.25, 0.3) is 0 Å². The third kappa shape index (κ3) is 3.30. The number of aryl methyl sites for hydroxylation is 1. The van der Waals surface area contributed by atoms with E-state index in [4.69, 9.17) is 4.52 Å². The maximum Gasteiger partial charge on any atom is 0.226 e. The lowest BCUT2D eigenvalue weighted by molar-refractivity contribution is -0.121. The van der Waals surface area contributed by atoms with Crippen LogP contribution in [0.25, 0.3) is 0 Å². The Kier molecular flexibility index (Phi) is 3.78. The van der Waals surface area contributed by atoms with Crippen LogP contribution >= 0.6 is 0 Å². The summed E-state index contributed by atoms with van der Waals surface area (Å²) in [5, 5.41) is 10.2. The molecule has 2 heterocycles. The molecule has 17 heavy (non-hydrogen) atoms. The number of nitrogens with one attached hydrogen (secondary N) is 2. The van der Waals surface area contributed by atoms with Crippen LogP contribution in [0.3, 0.4) is 0 Å². The first-order valence-electron chi connectivity index (χ1n) is 6.10. The maximum atomic E-state index is 11.8. The Balaban J connectivity index is 1.84. The quantitative estimate of drug-likeness (QED) is 0.815. The van der Waals surface area contributed by atoms with Crippen molar-refractivity contribution in [3.8, 4) is 0 Å². The van der Waals surface area contributed by atoms with Gasteiger partial charge in [0, 0.05) is 18.2 Å². The monoisotopic (exact) mass is 237 g/mol. The van der Waals surface area contributed by atoms with Gasteiger partial charge in [-0.2, -0.15) is 0 Å². The van der Waals surface area contributed by atoms with Crippen molar-refractivity contribution in [2.24, 2.45) is 0 Å². The first-order chi connectivity index (χ1) is 8.15. The number of hydrogen-bond acceptors (Lipinski definition) is 4. The molecule has 1 amide bonds. The van der Waals surface area contributed by atoms with Crippen molar-refractivity contribution in [3.63, 3.8) is 0 Å². The van der Waals surface area contributed by atoms with Crippen LogP contribution in [0.15, 0.2) is 10.6 Å². The fraction of sp³-hybridized carbons (Fsp3) is 0.667. The van der Waals surface area contributed by atoms with E-state index >= 15 is 0 Å². The summed E-state index contributed by atoms with van der Waals surface area (Å²) in [6, 6.07) is 2.36. The molecule has 1 fully saturated rings. The molecule has 0 aliphatic carbocycles. The topological polar surface area (TPSA) is 67.2 Å². The number of aromatic nitrogens is 1. The summed E-state index contributed by atoms with van der Waals surface area (Å²) in [6.45, 7) is 4.96. The smallest absolute Gasteiger partial charge is 0.226 e. The van der Waals surface area contributed by atoms with Crippen LogP contribution in [0.5, 0.6) is 0 Å². The van der Waals surface area contributed by atoms with Crippen LogP contribution in [0, 0.1) is 6.92 Å². The highest BCUT2D eigenvalue weighted by molar-refractivity contribution is 5.78. The van der Waals surface area contributed by atoms with E-state index in [2.05, 4.69) is 22.7 Å². The van der Waals surface area contributed by atoms with Crippen molar-refractivity contribution in [3.05, 3.63) is 17.5 Å². The minimum Gasteiger partial charge on any atom is -0.361 e. The highest BCUT2D eigenvalue weighted by Crippen LogP contribution is 2.09. The van der Waals surface area contributed by atoms with E-state index in [1.54, 1.807) is 6.07 Å². The molecule has 1 aromatic heterocycles. The van der Waals surface area contributed by atoms with Crippen LogP contribution < -0.4 is 10.6 Å². The van der Waals surface area contributed by atoms with Gasteiger partial charge in [0.05, 0.1) is 12.1 Å². The molecular formula is C12H19N3O2. The summed E-state index contributed by atoms with van der Waals surface area (Å²) in [5.74, 6) is 0.749. The molecule has 0 aromatic carbocycles. The Hall–Kier alpha value is -1.36. The molecule has 0 bridgehead atoms. The molecule has 0 radical (unpaired) electrons. The van der Waals surface area contributed by atoms with Crippen LogP contribution in [-0.2, 0) is 11.2 Å². The van der Waals surface area contributed by atoms with Gasteiger partial charge in [-0.1, -0.05) is 5.16 Å². The number of rotatable bonds is 3. The van der Waals surface area contributed by atoms with Gasteiger partial charge in [-0.25, -0.2) is 0 Å². The summed E-state index contributed by atoms with van der Waals surface area (Å²) in [6.07, 6.45) is 2.44. The van der Waals surface area contributed by atoms with Gasteiger partial charge in [-0.15, -0.1) is 0 Å². The lowest BCUT2D eigenvalue weighted by atomic mass is 10.00. The summed E-state index contributed by atoms with van der Waals surface area (Å²) in [4.78, 5) is 11.8. The number of nitrogens with zero attached hydrogens (tertiary/aromatic N) is 1. The van der Waals surface area contributed by atoms with E-state index in [1.165, 1.54) is 0 Å². The Labute approximate surface area is 101 Å². The molecule has 2 rings (SSSR count). The molecule has 0 spiro atoms. The Morgan fingerprint density at radius 2 is 2.53 bits per heavy atom. The Bertz CT molecular complexity index is 389. The van der Waals surface area contributed by atoms with E-state index < -0.39 is 0 Å². The molecule has 1 aliphatic heterocycles. The van der Waals surface area contributed by atoms with Gasteiger partial charge < -0.3 is 15.2 Å². The van der Waals surface area contributed by atoms with Crippen LogP contribution in [0.4, 0.5) is 0 Å². The molecule has 2 unspecified atom stereocenters. The number of piperidine rings is 1. The second kappa shape index (κ2) is 5.31. The number of carbonyl (C=O) groups is 1. The lowest BCUT2D eigenvalue weighted by Crippen LogP contribution is -2.52. The molecule has 1 saturated heterocycles. The molecule has 2 atom stereocenters. The molecule has 0 saturated carbocycles. The molecule has 94 valence electrons. The van der Waals surface area contributed by atoms with Crippen molar-refractivity contribution in [2.75, 3.05) is 6.54 Å². The van der Waals surface area contributed by atoms with E-state index in [-0.39, 0.29) is 11.9 Å². The first kappa shape index (κ1) is 12.1. The zero-order valence-electron chi connectivity index (χ0n) is 10.3. The average molecular weight is 237 g/mol. The van der Waals surface area contributed by atoms with Crippen molar-refractivity contribution >= 4 is 5.91 Å². The predicted molar refractivity (Wildman–Crippen MR) is 63.6 cm³/mol. The summed E-state index contributed by atoms with van der Waals surface area (Å²) < 4.78 is 4.93. The Morgan fingerprint density at radius 3 is 3.18 bits per heavy atom. The predicted octanol–water partition coefficient (Wildman–Crippen LogP) is 0.782. The largest absolute Gasteiger partial charge is 0.361 e. The zero-order chi connectivity index (χ0) is 12.3. The summed E-state index contributed by atoms with van der Waals surface area (Å²) in [7, 11) is 0. The highest BCUT2D eigenvalue weighted by Gasteiger charge is 2.22. The second-order valence-electron chi connectivity index (χ2n) is 4.66. The summed E-state index contributed by atoms with van der Waals surface area (Å²) in [5.41, 5.74) is 0.691. The second-order valence-corrected chi connectivity index (χ2v) is 4.66. The fourth-order valence-electron chi connectivity index (χ4n) is 2.16. The maximum absolute atomic E-state index is 11.8. The van der Waals surface area contributed by atoms with Gasteiger partial charge in [-0.3, -0.25) is 4.79 Å². The van der Waals surface area contributed by atoms with Crippen molar-refractivity contribution in [1.82, 2.24) is 15.8 Å². The minimum atomic E-state index is 0.0128. The average Bonchev–Trinajstić information content (AvgIpc) is 2.67. The van der Waals surface area contributed by atoms with Crippen LogP contribution in [-0.4, -0.2) is 29.7 Å². The standard InChI is InChI=1S/C12H19N3O2/c1-8-6-10(15-17-8)7-12(16)14-11-4-3-5-13-9(11)2/h6,9,11,13H,3-5,7H2,1-2H3,(H,14,16). The highest BCUT2D eigenvalue weighted by atomic mass is 16.5. The molecule has 2 N–H and O–H groups in total. The van der Waals surface area contributed by atoms with Crippen molar-refractivity contribution in [1.29, 1.82) is 0 Å². The van der Waals surface area contributed by atoms with Gasteiger partial charge >= 0.3 is 0 Å². The van der Waals surface area contributed by atoms with E-state index in [0.29, 0.717) is 18.2 Å². The van der Waals surface area contributed by atoms with Gasteiger partial charge in [0.1, 0.15) is 5.76 Å². The third-order valence-corrected chi connectivity index (χ3v) is 3.13. The molecule has 1 aromatic rings. The molecular weight excluding hydrogens is 218 g/mol. The van der Waals surface area contributed by atoms with E-state index in [0.717, 1.165) is 25.1 Å². The van der Waals surface area contributed by atoms with Crippen molar-refractivity contribution < 1.29 is 9.32 Å². The first-order valence-corrected chi connectivity index (χ1v) is 6.10. The van der Waals surface area contributed by atoms with Crippen LogP contribution in [0.1, 0.15) is 31.2 Å². The molecule has 5 heteroatoms. The van der Waals surface area contributed by atoms with Gasteiger partial charge in [0.2, 0.25) is 5.91 Å². The van der Waals surface area contributed by atoms with E-state index in [1.807, 2.05) is 6.92 Å².